The van der Waals surface area contributed by atoms with Crippen molar-refractivity contribution in [3.63, 3.8) is 0 Å². The van der Waals surface area contributed by atoms with Crippen molar-refractivity contribution in [1.29, 1.82) is 0 Å². The van der Waals surface area contributed by atoms with E-state index in [1.807, 2.05) is 46.6 Å². The number of carbonyl (C=O) groups is 1. The smallest absolute Gasteiger partial charge is 0.261 e. The van der Waals surface area contributed by atoms with Gasteiger partial charge in [-0.1, -0.05) is 54.6 Å². The summed E-state index contributed by atoms with van der Waals surface area (Å²) in [6, 6.07) is 22.3. The van der Waals surface area contributed by atoms with E-state index < -0.39 is 0 Å². The zero-order chi connectivity index (χ0) is 18.5. The zero-order valence-electron chi connectivity index (χ0n) is 14.7. The summed E-state index contributed by atoms with van der Waals surface area (Å²) in [4.78, 5) is 12.9. The molecule has 0 unspecified atom stereocenters. The van der Waals surface area contributed by atoms with Gasteiger partial charge in [-0.2, -0.15) is 5.10 Å². The van der Waals surface area contributed by atoms with Gasteiger partial charge in [0.05, 0.1) is 11.4 Å². The van der Waals surface area contributed by atoms with Crippen molar-refractivity contribution in [2.45, 2.75) is 13.1 Å². The molecule has 0 saturated heterocycles. The molecule has 0 spiro atoms. The van der Waals surface area contributed by atoms with Crippen molar-refractivity contribution in [2.24, 2.45) is 0 Å². The first-order chi connectivity index (χ1) is 13.3. The number of nitrogens with zero attached hydrogens (tertiary/aromatic N) is 2. The van der Waals surface area contributed by atoms with Gasteiger partial charge in [0.15, 0.2) is 0 Å². The van der Waals surface area contributed by atoms with E-state index in [4.69, 9.17) is 0 Å². The highest BCUT2D eigenvalue weighted by Crippen LogP contribution is 2.24. The fourth-order valence-electron chi connectivity index (χ4n) is 3.00. The van der Waals surface area contributed by atoms with E-state index in [0.717, 1.165) is 28.1 Å². The molecule has 0 aliphatic carbocycles. The predicted molar refractivity (Wildman–Crippen MR) is 109 cm³/mol. The van der Waals surface area contributed by atoms with E-state index in [-0.39, 0.29) is 5.91 Å². The van der Waals surface area contributed by atoms with Crippen LogP contribution in [0.1, 0.15) is 20.8 Å². The van der Waals surface area contributed by atoms with Gasteiger partial charge in [-0.15, -0.1) is 11.3 Å². The number of benzene rings is 2. The van der Waals surface area contributed by atoms with Crippen LogP contribution in [-0.2, 0) is 13.1 Å². The molecule has 2 heterocycles. The molecular formula is C22H19N3OS. The molecule has 27 heavy (non-hydrogen) atoms. The molecule has 5 heteroatoms. The highest BCUT2D eigenvalue weighted by molar-refractivity contribution is 7.12. The van der Waals surface area contributed by atoms with Crippen LogP contribution < -0.4 is 5.32 Å². The first-order valence-corrected chi connectivity index (χ1v) is 9.64. The van der Waals surface area contributed by atoms with Crippen molar-refractivity contribution < 1.29 is 4.79 Å². The molecule has 0 saturated carbocycles. The van der Waals surface area contributed by atoms with Gasteiger partial charge in [0.1, 0.15) is 0 Å². The quantitative estimate of drug-likeness (QED) is 0.537. The number of thiophene rings is 1. The Hall–Kier alpha value is -3.18. The summed E-state index contributed by atoms with van der Waals surface area (Å²) in [6.45, 7) is 1.26. The van der Waals surface area contributed by atoms with E-state index in [1.165, 1.54) is 16.9 Å². The van der Waals surface area contributed by atoms with Crippen molar-refractivity contribution in [3.05, 3.63) is 101 Å². The van der Waals surface area contributed by atoms with Gasteiger partial charge in [0.25, 0.3) is 5.91 Å². The number of hydrogen-bond donors (Lipinski definition) is 1. The third-order valence-corrected chi connectivity index (χ3v) is 5.24. The molecule has 0 radical (unpaired) electrons. The van der Waals surface area contributed by atoms with Crippen LogP contribution in [0.2, 0.25) is 0 Å². The van der Waals surface area contributed by atoms with Crippen molar-refractivity contribution in [3.8, 4) is 11.1 Å². The molecule has 2 aromatic heterocycles. The average Bonchev–Trinajstić information content (AvgIpc) is 3.41. The highest BCUT2D eigenvalue weighted by Gasteiger charge is 2.09. The lowest BCUT2D eigenvalue weighted by Crippen LogP contribution is -2.22. The number of amides is 1. The van der Waals surface area contributed by atoms with Crippen LogP contribution in [0.25, 0.3) is 11.1 Å². The van der Waals surface area contributed by atoms with E-state index in [0.29, 0.717) is 6.54 Å². The minimum Gasteiger partial charge on any atom is -0.347 e. The number of rotatable bonds is 6. The molecule has 0 fully saturated rings. The molecule has 0 aliphatic heterocycles. The number of carbonyl (C=O) groups excluding carboxylic acids is 1. The topological polar surface area (TPSA) is 46.9 Å². The standard InChI is InChI=1S/C22H19N3OS/c26-22(21-7-3-14-27-21)23-15-19-5-1-2-6-20(19)18-10-8-17(9-11-18)16-25-13-4-12-24-25/h1-14H,15-16H2,(H,23,26). The van der Waals surface area contributed by atoms with Crippen molar-refractivity contribution in [1.82, 2.24) is 15.1 Å². The molecule has 1 N–H and O–H groups in total. The predicted octanol–water partition coefficient (Wildman–Crippen LogP) is 4.59. The number of aromatic nitrogens is 2. The van der Waals surface area contributed by atoms with Gasteiger partial charge in [-0.3, -0.25) is 9.48 Å². The van der Waals surface area contributed by atoms with Crippen LogP contribution in [-0.4, -0.2) is 15.7 Å². The third-order valence-electron chi connectivity index (χ3n) is 4.37. The zero-order valence-corrected chi connectivity index (χ0v) is 15.5. The Labute approximate surface area is 162 Å². The molecule has 4 nitrogen and oxygen atoms in total. The Morgan fingerprint density at radius 2 is 1.85 bits per heavy atom. The fourth-order valence-corrected chi connectivity index (χ4v) is 3.64. The molecule has 4 rings (SSSR count). The van der Waals surface area contributed by atoms with Crippen LogP contribution in [0.5, 0.6) is 0 Å². The summed E-state index contributed by atoms with van der Waals surface area (Å²) in [6.07, 6.45) is 3.74. The Balaban J connectivity index is 1.49. The Morgan fingerprint density at radius 1 is 1.00 bits per heavy atom. The Morgan fingerprint density at radius 3 is 2.59 bits per heavy atom. The van der Waals surface area contributed by atoms with Crippen LogP contribution in [0, 0.1) is 0 Å². The third kappa shape index (κ3) is 4.15. The lowest BCUT2D eigenvalue weighted by molar-refractivity contribution is 0.0955. The summed E-state index contributed by atoms with van der Waals surface area (Å²) >= 11 is 1.45. The lowest BCUT2D eigenvalue weighted by atomic mass is 9.98. The van der Waals surface area contributed by atoms with Crippen LogP contribution >= 0.6 is 11.3 Å². The summed E-state index contributed by atoms with van der Waals surface area (Å²) in [5, 5.41) is 9.17. The minimum atomic E-state index is -0.0330. The average molecular weight is 373 g/mol. The van der Waals surface area contributed by atoms with E-state index in [1.54, 1.807) is 6.20 Å². The largest absolute Gasteiger partial charge is 0.347 e. The Kier molecular flexibility index (Phi) is 5.12. The van der Waals surface area contributed by atoms with E-state index in [9.17, 15) is 4.79 Å². The maximum absolute atomic E-state index is 12.2. The fraction of sp³-hybridized carbons (Fsp3) is 0.0909. The van der Waals surface area contributed by atoms with Gasteiger partial charge in [0, 0.05) is 18.9 Å². The number of nitrogens with one attached hydrogen (secondary N) is 1. The van der Waals surface area contributed by atoms with Gasteiger partial charge in [0.2, 0.25) is 0 Å². The maximum atomic E-state index is 12.2. The Bertz CT molecular complexity index is 1010. The molecule has 4 aromatic rings. The normalized spacial score (nSPS) is 10.7. The maximum Gasteiger partial charge on any atom is 0.261 e. The van der Waals surface area contributed by atoms with Gasteiger partial charge in [-0.05, 0) is 39.8 Å². The first kappa shape index (κ1) is 17.2. The molecule has 2 aromatic carbocycles. The lowest BCUT2D eigenvalue weighted by Gasteiger charge is -2.11. The van der Waals surface area contributed by atoms with Crippen LogP contribution in [0.3, 0.4) is 0 Å². The summed E-state index contributed by atoms with van der Waals surface area (Å²) < 4.78 is 1.91. The molecule has 0 atom stereocenters. The SMILES string of the molecule is O=C(NCc1ccccc1-c1ccc(Cn2cccn2)cc1)c1cccs1. The molecule has 134 valence electrons. The molecular weight excluding hydrogens is 354 g/mol. The minimum absolute atomic E-state index is 0.0330. The van der Waals surface area contributed by atoms with Gasteiger partial charge >= 0.3 is 0 Å². The summed E-state index contributed by atoms with van der Waals surface area (Å²) in [5.74, 6) is -0.0330. The molecule has 0 aliphatic rings. The second-order valence-corrected chi connectivity index (χ2v) is 7.17. The number of hydrogen-bond acceptors (Lipinski definition) is 3. The van der Waals surface area contributed by atoms with Crippen molar-refractivity contribution in [2.75, 3.05) is 0 Å². The van der Waals surface area contributed by atoms with Crippen molar-refractivity contribution >= 4 is 17.2 Å². The van der Waals surface area contributed by atoms with Gasteiger partial charge < -0.3 is 5.32 Å². The van der Waals surface area contributed by atoms with Crippen LogP contribution in [0.4, 0.5) is 0 Å². The first-order valence-electron chi connectivity index (χ1n) is 8.76. The molecule has 0 bridgehead atoms. The monoisotopic (exact) mass is 373 g/mol. The van der Waals surface area contributed by atoms with Gasteiger partial charge in [-0.25, -0.2) is 0 Å². The second-order valence-electron chi connectivity index (χ2n) is 6.22. The highest BCUT2D eigenvalue weighted by atomic mass is 32.1. The van der Waals surface area contributed by atoms with E-state index >= 15 is 0 Å². The molecule has 1 amide bonds. The van der Waals surface area contributed by atoms with E-state index in [2.05, 4.69) is 46.8 Å². The van der Waals surface area contributed by atoms with Crippen LogP contribution in [0.15, 0.2) is 84.5 Å². The summed E-state index contributed by atoms with van der Waals surface area (Å²) in [5.41, 5.74) is 4.57. The summed E-state index contributed by atoms with van der Waals surface area (Å²) in [7, 11) is 0. The second kappa shape index (κ2) is 8.01.